The minimum absolute atomic E-state index is 0.311. The first kappa shape index (κ1) is 8.32. The number of carbonyl (C=O) groups is 2. The van der Waals surface area contributed by atoms with Crippen molar-refractivity contribution in [2.24, 2.45) is 0 Å². The zero-order valence-electron chi connectivity index (χ0n) is 5.94. The van der Waals surface area contributed by atoms with E-state index in [1.807, 2.05) is 0 Å². The molecular formula is C6H8O5. The van der Waals surface area contributed by atoms with Crippen LogP contribution in [0.4, 0.5) is 0 Å². The van der Waals surface area contributed by atoms with Crippen molar-refractivity contribution in [1.29, 1.82) is 0 Å². The van der Waals surface area contributed by atoms with Gasteiger partial charge in [0.05, 0.1) is 0 Å². The maximum atomic E-state index is 10.7. The summed E-state index contributed by atoms with van der Waals surface area (Å²) in [6, 6.07) is 0. The molecule has 0 bridgehead atoms. The second-order valence-electron chi connectivity index (χ2n) is 2.15. The second-order valence-corrected chi connectivity index (χ2v) is 2.15. The van der Waals surface area contributed by atoms with Crippen LogP contribution in [-0.4, -0.2) is 42.8 Å². The van der Waals surface area contributed by atoms with Crippen LogP contribution in [0.2, 0.25) is 0 Å². The summed E-state index contributed by atoms with van der Waals surface area (Å²) in [6.45, 7) is -0.311. The van der Waals surface area contributed by atoms with E-state index in [0.717, 1.165) is 0 Å². The van der Waals surface area contributed by atoms with Crippen LogP contribution in [-0.2, 0) is 19.1 Å². The van der Waals surface area contributed by atoms with E-state index < -0.39 is 24.0 Å². The van der Waals surface area contributed by atoms with E-state index in [9.17, 15) is 9.59 Å². The number of aliphatic hydroxyl groups is 1. The van der Waals surface area contributed by atoms with Gasteiger partial charge < -0.3 is 14.6 Å². The van der Waals surface area contributed by atoms with Crippen LogP contribution in [0.25, 0.3) is 0 Å². The fourth-order valence-electron chi connectivity index (χ4n) is 0.806. The Balaban J connectivity index is 2.66. The van der Waals surface area contributed by atoms with Gasteiger partial charge in [-0.2, -0.15) is 0 Å². The highest BCUT2D eigenvalue weighted by Gasteiger charge is 2.36. The lowest BCUT2D eigenvalue weighted by Crippen LogP contribution is -2.48. The molecule has 0 aromatic carbocycles. The molecule has 62 valence electrons. The van der Waals surface area contributed by atoms with Crippen LogP contribution < -0.4 is 0 Å². The van der Waals surface area contributed by atoms with Crippen molar-refractivity contribution in [3.8, 4) is 0 Å². The Kier molecular flexibility index (Phi) is 2.33. The molecule has 0 amide bonds. The number of hydrogen-bond donors (Lipinski definition) is 1. The third kappa shape index (κ3) is 1.45. The first-order valence-corrected chi connectivity index (χ1v) is 3.06. The van der Waals surface area contributed by atoms with Crippen LogP contribution in [0, 0.1) is 0 Å². The zero-order chi connectivity index (χ0) is 8.43. The highest BCUT2D eigenvalue weighted by Crippen LogP contribution is 2.08. The SMILES string of the molecule is CO[C@@H]1OCC(=O)C(=O)[C@H]1O. The fraction of sp³-hybridized carbons (Fsp3) is 0.667. The molecular weight excluding hydrogens is 152 g/mol. The monoisotopic (exact) mass is 160 g/mol. The fourth-order valence-corrected chi connectivity index (χ4v) is 0.806. The van der Waals surface area contributed by atoms with Crippen LogP contribution >= 0.6 is 0 Å². The van der Waals surface area contributed by atoms with Crippen LogP contribution in [0.1, 0.15) is 0 Å². The van der Waals surface area contributed by atoms with Gasteiger partial charge in [0, 0.05) is 7.11 Å². The number of ketones is 2. The standard InChI is InChI=1S/C6H8O5/c1-10-6-5(9)4(8)3(7)2-11-6/h5-6,9H,2H2,1H3/t5-,6-/m1/s1. The van der Waals surface area contributed by atoms with Crippen molar-refractivity contribution in [1.82, 2.24) is 0 Å². The molecule has 2 atom stereocenters. The first-order valence-electron chi connectivity index (χ1n) is 3.06. The van der Waals surface area contributed by atoms with E-state index in [4.69, 9.17) is 5.11 Å². The summed E-state index contributed by atoms with van der Waals surface area (Å²) in [5.41, 5.74) is 0. The zero-order valence-corrected chi connectivity index (χ0v) is 5.94. The van der Waals surface area contributed by atoms with Crippen molar-refractivity contribution in [3.63, 3.8) is 0 Å². The van der Waals surface area contributed by atoms with Gasteiger partial charge in [0.2, 0.25) is 11.6 Å². The second kappa shape index (κ2) is 3.08. The molecule has 1 aliphatic heterocycles. The van der Waals surface area contributed by atoms with Gasteiger partial charge in [0.1, 0.15) is 6.61 Å². The quantitative estimate of drug-likeness (QED) is 0.472. The van der Waals surface area contributed by atoms with E-state index in [1.165, 1.54) is 7.11 Å². The summed E-state index contributed by atoms with van der Waals surface area (Å²) >= 11 is 0. The van der Waals surface area contributed by atoms with Crippen LogP contribution in [0.15, 0.2) is 0 Å². The van der Waals surface area contributed by atoms with Gasteiger partial charge >= 0.3 is 0 Å². The Labute approximate surface area is 62.9 Å². The van der Waals surface area contributed by atoms with Crippen LogP contribution in [0.5, 0.6) is 0 Å². The van der Waals surface area contributed by atoms with Gasteiger partial charge in [-0.3, -0.25) is 9.59 Å². The maximum Gasteiger partial charge on any atom is 0.234 e. The van der Waals surface area contributed by atoms with Crippen molar-refractivity contribution in [2.75, 3.05) is 13.7 Å². The van der Waals surface area contributed by atoms with Crippen molar-refractivity contribution >= 4 is 11.6 Å². The van der Waals surface area contributed by atoms with Gasteiger partial charge in [-0.05, 0) is 0 Å². The Hall–Kier alpha value is -0.780. The molecule has 0 unspecified atom stereocenters. The minimum atomic E-state index is -1.47. The third-order valence-electron chi connectivity index (χ3n) is 1.41. The molecule has 1 heterocycles. The molecule has 0 aromatic heterocycles. The van der Waals surface area contributed by atoms with Crippen LogP contribution in [0.3, 0.4) is 0 Å². The van der Waals surface area contributed by atoms with E-state index >= 15 is 0 Å². The summed E-state index contributed by atoms with van der Waals surface area (Å²) in [7, 11) is 1.29. The molecule has 11 heavy (non-hydrogen) atoms. The molecule has 5 nitrogen and oxygen atoms in total. The number of aliphatic hydroxyl groups excluding tert-OH is 1. The average molecular weight is 160 g/mol. The summed E-state index contributed by atoms with van der Waals surface area (Å²) in [5.74, 6) is -1.56. The lowest BCUT2D eigenvalue weighted by atomic mass is 10.1. The summed E-state index contributed by atoms with van der Waals surface area (Å²) < 4.78 is 9.26. The Morgan fingerprint density at radius 3 is 2.82 bits per heavy atom. The van der Waals surface area contributed by atoms with Gasteiger partial charge in [0.15, 0.2) is 12.4 Å². The normalized spacial score (nSPS) is 32.5. The Morgan fingerprint density at radius 1 is 1.64 bits per heavy atom. The van der Waals surface area contributed by atoms with E-state index in [0.29, 0.717) is 0 Å². The van der Waals surface area contributed by atoms with Gasteiger partial charge in [0.25, 0.3) is 0 Å². The smallest absolute Gasteiger partial charge is 0.234 e. The average Bonchev–Trinajstić information content (AvgIpc) is 2.01. The molecule has 1 aliphatic rings. The molecule has 1 saturated heterocycles. The third-order valence-corrected chi connectivity index (χ3v) is 1.41. The van der Waals surface area contributed by atoms with Crippen molar-refractivity contribution < 1.29 is 24.2 Å². The molecule has 0 aromatic rings. The molecule has 0 aliphatic carbocycles. The van der Waals surface area contributed by atoms with E-state index in [-0.39, 0.29) is 6.61 Å². The predicted octanol–water partition coefficient (Wildman–Crippen LogP) is -1.51. The van der Waals surface area contributed by atoms with E-state index in [2.05, 4.69) is 9.47 Å². The van der Waals surface area contributed by atoms with Crippen molar-refractivity contribution in [3.05, 3.63) is 0 Å². The highest BCUT2D eigenvalue weighted by atomic mass is 16.7. The van der Waals surface area contributed by atoms with Gasteiger partial charge in [-0.15, -0.1) is 0 Å². The molecule has 0 radical (unpaired) electrons. The Bertz CT molecular complexity index is 187. The molecule has 1 rings (SSSR count). The molecule has 0 spiro atoms. The Morgan fingerprint density at radius 2 is 2.27 bits per heavy atom. The molecule has 1 N–H and O–H groups in total. The number of methoxy groups -OCH3 is 1. The highest BCUT2D eigenvalue weighted by molar-refractivity contribution is 6.39. The summed E-state index contributed by atoms with van der Waals surface area (Å²) in [5, 5.41) is 8.99. The summed E-state index contributed by atoms with van der Waals surface area (Å²) in [6.07, 6.45) is -2.47. The number of ether oxygens (including phenoxy) is 2. The van der Waals surface area contributed by atoms with Gasteiger partial charge in [-0.1, -0.05) is 0 Å². The largest absolute Gasteiger partial charge is 0.380 e. The number of rotatable bonds is 1. The topological polar surface area (TPSA) is 72.8 Å². The van der Waals surface area contributed by atoms with Gasteiger partial charge in [-0.25, -0.2) is 0 Å². The number of carbonyl (C=O) groups excluding carboxylic acids is 2. The lowest BCUT2D eigenvalue weighted by molar-refractivity contribution is -0.201. The molecule has 0 saturated carbocycles. The number of hydrogen-bond acceptors (Lipinski definition) is 5. The summed E-state index contributed by atoms with van der Waals surface area (Å²) in [4.78, 5) is 21.3. The first-order chi connectivity index (χ1) is 5.16. The minimum Gasteiger partial charge on any atom is -0.380 e. The predicted molar refractivity (Wildman–Crippen MR) is 32.8 cm³/mol. The molecule has 5 heteroatoms. The molecule has 1 fully saturated rings. The van der Waals surface area contributed by atoms with Crippen molar-refractivity contribution in [2.45, 2.75) is 12.4 Å². The lowest BCUT2D eigenvalue weighted by Gasteiger charge is -2.23. The van der Waals surface area contributed by atoms with E-state index in [1.54, 1.807) is 0 Å². The maximum absolute atomic E-state index is 10.7. The number of Topliss-reactive ketones (excluding diaryl/α,β-unsaturated/α-hetero) is 2.